The van der Waals surface area contributed by atoms with Gasteiger partial charge in [-0.2, -0.15) is 26.8 Å². The topological polar surface area (TPSA) is 213 Å². The monoisotopic (exact) mass is 649 g/mol. The highest BCUT2D eigenvalue weighted by Gasteiger charge is 2.18. The number of aromatic amines is 1. The largest absolute Gasteiger partial charge is 0.326 e. The minimum absolute atomic E-state index is 0.0154. The number of rotatable bonds is 9. The number of fused-ring (bicyclic) bond motifs is 2. The number of aromatic nitrogens is 3. The van der Waals surface area contributed by atoms with Crippen LogP contribution in [0, 0.1) is 11.7 Å². The zero-order valence-corrected chi connectivity index (χ0v) is 24.4. The molecule has 218 valence electrons. The van der Waals surface area contributed by atoms with Crippen LogP contribution >= 0.6 is 24.3 Å². The van der Waals surface area contributed by atoms with Gasteiger partial charge in [-0.05, 0) is 77.9 Å². The standard InChI is InChI=1S/C24H19N5O9S4/c1-12-6-13-8-15(2-4-18(13)20(7-12)41(31,32)33)25-22-27-23(29-24(39)28-22)26-16-3-5-19-14(9-16)10-17(40-38-37-30)11-21(19)42(34,35)36/h2-11,30H,1H3,(H,31,32,33)(H,34,35,36)(H3,25,26,27,28,29,39). The van der Waals surface area contributed by atoms with Crippen LogP contribution in [0.15, 0.2) is 75.4 Å². The first-order valence-electron chi connectivity index (χ1n) is 11.5. The van der Waals surface area contributed by atoms with E-state index in [1.165, 1.54) is 12.1 Å². The van der Waals surface area contributed by atoms with Crippen LogP contribution < -0.4 is 10.6 Å². The van der Waals surface area contributed by atoms with Crippen molar-refractivity contribution in [2.45, 2.75) is 21.6 Å². The van der Waals surface area contributed by atoms with Crippen molar-refractivity contribution in [1.29, 1.82) is 0 Å². The lowest BCUT2D eigenvalue weighted by atomic mass is 10.1. The molecule has 1 heterocycles. The fraction of sp³-hybridized carbons (Fsp3) is 0.0417. The maximum atomic E-state index is 12.0. The molecule has 5 rings (SSSR count). The van der Waals surface area contributed by atoms with Crippen molar-refractivity contribution in [3.8, 4) is 0 Å². The molecule has 0 amide bonds. The zero-order chi connectivity index (χ0) is 30.2. The quantitative estimate of drug-likeness (QED) is 0.0379. The van der Waals surface area contributed by atoms with E-state index in [-0.39, 0.29) is 36.7 Å². The molecule has 0 aliphatic rings. The summed E-state index contributed by atoms with van der Waals surface area (Å²) in [4.78, 5) is 10.9. The van der Waals surface area contributed by atoms with E-state index in [0.29, 0.717) is 45.1 Å². The second kappa shape index (κ2) is 11.5. The van der Waals surface area contributed by atoms with Gasteiger partial charge in [0, 0.05) is 27.0 Å². The Morgan fingerprint density at radius 3 is 1.86 bits per heavy atom. The molecule has 4 aromatic carbocycles. The summed E-state index contributed by atoms with van der Waals surface area (Å²) in [6, 6.07) is 15.3. The first kappa shape index (κ1) is 29.8. The molecule has 0 saturated carbocycles. The highest BCUT2D eigenvalue weighted by Crippen LogP contribution is 2.33. The summed E-state index contributed by atoms with van der Waals surface area (Å²) in [5.74, 6) is 0.383. The molecule has 0 radical (unpaired) electrons. The van der Waals surface area contributed by atoms with Crippen molar-refractivity contribution >= 4 is 89.3 Å². The van der Waals surface area contributed by atoms with Gasteiger partial charge in [-0.15, -0.1) is 4.33 Å². The summed E-state index contributed by atoms with van der Waals surface area (Å²) < 4.78 is 71.3. The molecule has 18 heteroatoms. The predicted molar refractivity (Wildman–Crippen MR) is 157 cm³/mol. The number of aryl methyl sites for hydroxylation is 1. The molecule has 0 aliphatic carbocycles. The summed E-state index contributed by atoms with van der Waals surface area (Å²) in [5.41, 5.74) is 1.63. The predicted octanol–water partition coefficient (Wildman–Crippen LogP) is 5.56. The number of nitrogens with one attached hydrogen (secondary N) is 3. The lowest BCUT2D eigenvalue weighted by Crippen LogP contribution is -2.04. The van der Waals surface area contributed by atoms with E-state index < -0.39 is 20.2 Å². The van der Waals surface area contributed by atoms with E-state index in [0.717, 1.165) is 6.07 Å². The molecule has 6 N–H and O–H groups in total. The summed E-state index contributed by atoms with van der Waals surface area (Å²) in [5, 5.41) is 19.6. The summed E-state index contributed by atoms with van der Waals surface area (Å²) in [7, 11) is -9.03. The maximum absolute atomic E-state index is 12.0. The Morgan fingerprint density at radius 1 is 0.810 bits per heavy atom. The molecule has 0 fully saturated rings. The van der Waals surface area contributed by atoms with Crippen LogP contribution in [0.4, 0.5) is 23.3 Å². The van der Waals surface area contributed by atoms with Gasteiger partial charge in [0.2, 0.25) is 16.7 Å². The molecular weight excluding hydrogens is 631 g/mol. The Balaban J connectivity index is 1.46. The van der Waals surface area contributed by atoms with Crippen LogP contribution in [-0.4, -0.2) is 46.2 Å². The molecule has 0 spiro atoms. The van der Waals surface area contributed by atoms with Crippen molar-refractivity contribution in [2.75, 3.05) is 10.6 Å². The van der Waals surface area contributed by atoms with Gasteiger partial charge < -0.3 is 10.6 Å². The number of hydrogen-bond acceptors (Lipinski definition) is 13. The minimum Gasteiger partial charge on any atom is -0.326 e. The van der Waals surface area contributed by atoms with E-state index in [1.807, 2.05) is 0 Å². The zero-order valence-electron chi connectivity index (χ0n) is 21.1. The van der Waals surface area contributed by atoms with Crippen molar-refractivity contribution < 1.29 is 40.6 Å². The van der Waals surface area contributed by atoms with Gasteiger partial charge in [-0.1, -0.05) is 23.2 Å². The molecule has 0 saturated heterocycles. The van der Waals surface area contributed by atoms with Gasteiger partial charge in [-0.25, -0.2) is 5.26 Å². The minimum atomic E-state index is -4.60. The van der Waals surface area contributed by atoms with Crippen LogP contribution in [0.5, 0.6) is 0 Å². The number of nitrogens with zero attached hydrogens (tertiary/aromatic N) is 2. The van der Waals surface area contributed by atoms with E-state index in [4.69, 9.17) is 17.5 Å². The average molecular weight is 650 g/mol. The van der Waals surface area contributed by atoms with E-state index >= 15 is 0 Å². The molecule has 14 nitrogen and oxygen atoms in total. The normalized spacial score (nSPS) is 12.1. The summed E-state index contributed by atoms with van der Waals surface area (Å²) in [6.45, 7) is 1.71. The maximum Gasteiger partial charge on any atom is 0.295 e. The SMILES string of the molecule is Cc1cc(S(=O)(=O)O)c2ccc(Nc3nc(=S)nc(Nc4ccc5c(S(=O)(=O)O)cc(SOOO)cc5c4)[nH]3)cc2c1. The van der Waals surface area contributed by atoms with Gasteiger partial charge in [0.25, 0.3) is 20.2 Å². The summed E-state index contributed by atoms with van der Waals surface area (Å²) >= 11 is 5.73. The molecule has 0 unspecified atom stereocenters. The van der Waals surface area contributed by atoms with Crippen LogP contribution in [0.25, 0.3) is 21.5 Å². The number of benzene rings is 4. The second-order valence-electron chi connectivity index (χ2n) is 8.81. The summed E-state index contributed by atoms with van der Waals surface area (Å²) in [6.07, 6.45) is 0. The lowest BCUT2D eigenvalue weighted by Gasteiger charge is -2.12. The Kier molecular flexibility index (Phi) is 8.16. The Labute approximate surface area is 247 Å². The molecule has 0 bridgehead atoms. The van der Waals surface area contributed by atoms with Crippen LogP contribution in [-0.2, 0) is 29.6 Å². The van der Waals surface area contributed by atoms with Crippen LogP contribution in [0.2, 0.25) is 0 Å². The van der Waals surface area contributed by atoms with Gasteiger partial charge in [0.15, 0.2) is 0 Å². The van der Waals surface area contributed by atoms with Gasteiger partial charge in [0.1, 0.15) is 9.79 Å². The third-order valence-electron chi connectivity index (χ3n) is 5.84. The first-order valence-corrected chi connectivity index (χ1v) is 15.6. The third kappa shape index (κ3) is 6.67. The average Bonchev–Trinajstić information content (AvgIpc) is 2.89. The Bertz CT molecular complexity index is 2140. The molecule has 42 heavy (non-hydrogen) atoms. The van der Waals surface area contributed by atoms with Crippen LogP contribution in [0.1, 0.15) is 5.56 Å². The molecule has 0 atom stereocenters. The van der Waals surface area contributed by atoms with Crippen molar-refractivity contribution in [3.63, 3.8) is 0 Å². The van der Waals surface area contributed by atoms with E-state index in [2.05, 4.69) is 35.0 Å². The van der Waals surface area contributed by atoms with Gasteiger partial charge in [-0.3, -0.25) is 14.1 Å². The molecule has 0 aliphatic heterocycles. The van der Waals surface area contributed by atoms with Crippen molar-refractivity contribution in [2.24, 2.45) is 0 Å². The van der Waals surface area contributed by atoms with Crippen molar-refractivity contribution in [3.05, 3.63) is 71.0 Å². The highest BCUT2D eigenvalue weighted by atomic mass is 32.2. The smallest absolute Gasteiger partial charge is 0.295 e. The molecule has 5 aromatic rings. The van der Waals surface area contributed by atoms with E-state index in [9.17, 15) is 25.9 Å². The fourth-order valence-corrected chi connectivity index (χ4v) is 6.49. The van der Waals surface area contributed by atoms with Crippen molar-refractivity contribution in [1.82, 2.24) is 15.0 Å². The van der Waals surface area contributed by atoms with Gasteiger partial charge in [0.05, 0.1) is 12.0 Å². The van der Waals surface area contributed by atoms with Crippen LogP contribution in [0.3, 0.4) is 0 Å². The Hall–Kier alpha value is -3.72. The fourth-order valence-electron chi connectivity index (χ4n) is 4.25. The number of anilines is 4. The second-order valence-corrected chi connectivity index (χ2v) is 12.7. The molecule has 1 aromatic heterocycles. The van der Waals surface area contributed by atoms with Gasteiger partial charge >= 0.3 is 0 Å². The number of H-pyrrole nitrogens is 1. The van der Waals surface area contributed by atoms with E-state index in [1.54, 1.807) is 49.4 Å². The Morgan fingerprint density at radius 2 is 1.33 bits per heavy atom. The highest BCUT2D eigenvalue weighted by molar-refractivity contribution is 7.94. The number of hydrogen-bond donors (Lipinski definition) is 6. The molecular formula is C24H19N5O9S4. The lowest BCUT2D eigenvalue weighted by molar-refractivity contribution is -0.432. The first-order chi connectivity index (χ1) is 19.8. The third-order valence-corrected chi connectivity index (χ3v) is 8.37.